The van der Waals surface area contributed by atoms with E-state index < -0.39 is 17.7 Å². The fourth-order valence-electron chi connectivity index (χ4n) is 1.45. The van der Waals surface area contributed by atoms with Gasteiger partial charge in [0.25, 0.3) is 0 Å². The van der Waals surface area contributed by atoms with Crippen molar-refractivity contribution in [1.29, 1.82) is 0 Å². The summed E-state index contributed by atoms with van der Waals surface area (Å²) in [5.41, 5.74) is 11.1. The molecule has 0 radical (unpaired) electrons. The van der Waals surface area contributed by atoms with Crippen LogP contribution in [0.25, 0.3) is 0 Å². The Morgan fingerprint density at radius 3 is 2.19 bits per heavy atom. The van der Waals surface area contributed by atoms with E-state index in [1.807, 2.05) is 12.1 Å². The minimum atomic E-state index is -0.458. The molecule has 0 bridgehead atoms. The predicted octanol–water partition coefficient (Wildman–Crippen LogP) is 1.28. The lowest BCUT2D eigenvalue weighted by Gasteiger charge is -2.12. The van der Waals surface area contributed by atoms with Gasteiger partial charge in [0.15, 0.2) is 0 Å². The molecule has 0 spiro atoms. The van der Waals surface area contributed by atoms with E-state index in [0.29, 0.717) is 6.42 Å². The van der Waals surface area contributed by atoms with Crippen molar-refractivity contribution in [2.24, 2.45) is 11.5 Å². The van der Waals surface area contributed by atoms with Crippen molar-refractivity contribution in [2.75, 3.05) is 0 Å². The maximum atomic E-state index is 11.3. The summed E-state index contributed by atoms with van der Waals surface area (Å²) in [5, 5.41) is 0. The molecule has 0 fully saturated rings. The topological polar surface area (TPSA) is 86.2 Å². The summed E-state index contributed by atoms with van der Waals surface area (Å²) in [7, 11) is 0. The number of halogens is 1. The average Bonchev–Trinajstić information content (AvgIpc) is 2.20. The van der Waals surface area contributed by atoms with E-state index in [1.165, 1.54) is 0 Å². The quantitative estimate of drug-likeness (QED) is 0.853. The minimum Gasteiger partial charge on any atom is -0.370 e. The molecule has 0 aliphatic rings. The number of amides is 2. The molecule has 0 aliphatic carbocycles. The molecule has 0 saturated carbocycles. The van der Waals surface area contributed by atoms with Crippen LogP contribution < -0.4 is 11.5 Å². The maximum Gasteiger partial charge on any atom is 0.224 e. The van der Waals surface area contributed by atoms with Crippen LogP contribution in [0.1, 0.15) is 24.3 Å². The second kappa shape index (κ2) is 5.65. The zero-order chi connectivity index (χ0) is 12.1. The molecule has 0 aliphatic heterocycles. The fraction of sp³-hybridized carbons (Fsp3) is 0.273. The number of primary amides is 2. The van der Waals surface area contributed by atoms with E-state index in [1.54, 1.807) is 12.1 Å². The summed E-state index contributed by atoms with van der Waals surface area (Å²) in [6.45, 7) is 0. The van der Waals surface area contributed by atoms with Gasteiger partial charge < -0.3 is 11.5 Å². The smallest absolute Gasteiger partial charge is 0.224 e. The Morgan fingerprint density at radius 2 is 1.75 bits per heavy atom. The van der Waals surface area contributed by atoms with Gasteiger partial charge in [0.2, 0.25) is 11.8 Å². The van der Waals surface area contributed by atoms with Crippen molar-refractivity contribution in [2.45, 2.75) is 18.8 Å². The highest BCUT2D eigenvalue weighted by molar-refractivity contribution is 9.10. The number of hydrogen-bond donors (Lipinski definition) is 2. The van der Waals surface area contributed by atoms with E-state index in [-0.39, 0.29) is 6.42 Å². The molecule has 4 nitrogen and oxygen atoms in total. The van der Waals surface area contributed by atoms with Crippen molar-refractivity contribution in [3.63, 3.8) is 0 Å². The molecule has 5 heteroatoms. The first-order valence-corrected chi connectivity index (χ1v) is 5.63. The van der Waals surface area contributed by atoms with Crippen molar-refractivity contribution in [1.82, 2.24) is 0 Å². The van der Waals surface area contributed by atoms with Crippen molar-refractivity contribution < 1.29 is 9.59 Å². The monoisotopic (exact) mass is 284 g/mol. The van der Waals surface area contributed by atoms with Gasteiger partial charge in [-0.1, -0.05) is 28.1 Å². The number of hydrogen-bond acceptors (Lipinski definition) is 2. The Labute approximate surface area is 102 Å². The van der Waals surface area contributed by atoms with Crippen LogP contribution in [0.2, 0.25) is 0 Å². The summed E-state index contributed by atoms with van der Waals surface area (Å²) < 4.78 is 0.925. The SMILES string of the molecule is NC(=O)CCC(C(N)=O)c1ccc(Br)cc1. The summed E-state index contributed by atoms with van der Waals surface area (Å²) >= 11 is 3.30. The van der Waals surface area contributed by atoms with Gasteiger partial charge in [-0.25, -0.2) is 0 Å². The number of benzene rings is 1. The van der Waals surface area contributed by atoms with Crippen molar-refractivity contribution >= 4 is 27.7 Å². The number of rotatable bonds is 5. The zero-order valence-electron chi connectivity index (χ0n) is 8.65. The summed E-state index contributed by atoms with van der Waals surface area (Å²) in [6, 6.07) is 7.27. The van der Waals surface area contributed by atoms with Gasteiger partial charge in [0, 0.05) is 10.9 Å². The van der Waals surface area contributed by atoms with Crippen LogP contribution in [-0.2, 0) is 9.59 Å². The molecule has 16 heavy (non-hydrogen) atoms. The highest BCUT2D eigenvalue weighted by Gasteiger charge is 2.18. The molecule has 0 saturated heterocycles. The third kappa shape index (κ3) is 3.66. The third-order valence-corrected chi connectivity index (χ3v) is 2.82. The first-order chi connectivity index (χ1) is 7.50. The second-order valence-corrected chi connectivity index (χ2v) is 4.43. The molecule has 4 N–H and O–H groups in total. The van der Waals surface area contributed by atoms with Crippen molar-refractivity contribution in [3.05, 3.63) is 34.3 Å². The highest BCUT2D eigenvalue weighted by atomic mass is 79.9. The van der Waals surface area contributed by atoms with Gasteiger partial charge in [-0.2, -0.15) is 0 Å². The summed E-state index contributed by atoms with van der Waals surface area (Å²) in [4.78, 5) is 21.9. The van der Waals surface area contributed by atoms with Crippen LogP contribution in [0, 0.1) is 0 Å². The lowest BCUT2D eigenvalue weighted by Crippen LogP contribution is -2.23. The van der Waals surface area contributed by atoms with Gasteiger partial charge in [-0.15, -0.1) is 0 Å². The van der Waals surface area contributed by atoms with E-state index in [2.05, 4.69) is 15.9 Å². The summed E-state index contributed by atoms with van der Waals surface area (Å²) in [6.07, 6.45) is 0.510. The van der Waals surface area contributed by atoms with Crippen LogP contribution in [0.4, 0.5) is 0 Å². The van der Waals surface area contributed by atoms with Crippen LogP contribution in [0.5, 0.6) is 0 Å². The molecule has 0 aromatic heterocycles. The first kappa shape index (κ1) is 12.7. The van der Waals surface area contributed by atoms with Crippen molar-refractivity contribution in [3.8, 4) is 0 Å². The molecule has 86 valence electrons. The third-order valence-electron chi connectivity index (χ3n) is 2.30. The molecule has 1 atom stereocenters. The highest BCUT2D eigenvalue weighted by Crippen LogP contribution is 2.22. The summed E-state index contributed by atoms with van der Waals surface area (Å²) in [5.74, 6) is -1.33. The predicted molar refractivity (Wildman–Crippen MR) is 64.5 cm³/mol. The lowest BCUT2D eigenvalue weighted by molar-refractivity contribution is -0.120. The van der Waals surface area contributed by atoms with Crippen LogP contribution in [-0.4, -0.2) is 11.8 Å². The number of carbonyl (C=O) groups excluding carboxylic acids is 2. The van der Waals surface area contributed by atoms with Crippen LogP contribution in [0.3, 0.4) is 0 Å². The molecule has 1 rings (SSSR count). The Bertz CT molecular complexity index is 389. The van der Waals surface area contributed by atoms with E-state index >= 15 is 0 Å². The molecule has 2 amide bonds. The molecular weight excluding hydrogens is 272 g/mol. The second-order valence-electron chi connectivity index (χ2n) is 3.51. The Balaban J connectivity index is 2.81. The van der Waals surface area contributed by atoms with Gasteiger partial charge in [0.1, 0.15) is 0 Å². The number of nitrogens with two attached hydrogens (primary N) is 2. The normalized spacial score (nSPS) is 12.1. The largest absolute Gasteiger partial charge is 0.370 e. The zero-order valence-corrected chi connectivity index (χ0v) is 10.2. The first-order valence-electron chi connectivity index (χ1n) is 4.84. The van der Waals surface area contributed by atoms with Gasteiger partial charge in [-0.3, -0.25) is 9.59 Å². The molecule has 0 heterocycles. The van der Waals surface area contributed by atoms with Crippen LogP contribution >= 0.6 is 15.9 Å². The van der Waals surface area contributed by atoms with E-state index in [4.69, 9.17) is 11.5 Å². The van der Waals surface area contributed by atoms with Crippen LogP contribution in [0.15, 0.2) is 28.7 Å². The molecule has 1 unspecified atom stereocenters. The van der Waals surface area contributed by atoms with E-state index in [9.17, 15) is 9.59 Å². The molecule has 1 aromatic rings. The van der Waals surface area contributed by atoms with Gasteiger partial charge in [-0.05, 0) is 24.1 Å². The molecular formula is C11H13BrN2O2. The maximum absolute atomic E-state index is 11.3. The fourth-order valence-corrected chi connectivity index (χ4v) is 1.72. The Hall–Kier alpha value is -1.36. The van der Waals surface area contributed by atoms with E-state index in [0.717, 1.165) is 10.0 Å². The molecule has 1 aromatic carbocycles. The van der Waals surface area contributed by atoms with Gasteiger partial charge in [0.05, 0.1) is 5.92 Å². The number of carbonyl (C=O) groups is 2. The average molecular weight is 285 g/mol. The van der Waals surface area contributed by atoms with Gasteiger partial charge >= 0.3 is 0 Å². The Kier molecular flexibility index (Phi) is 4.49. The standard InChI is InChI=1S/C11H13BrN2O2/c12-8-3-1-7(2-4-8)9(11(14)16)5-6-10(13)15/h1-4,9H,5-6H2,(H2,13,15)(H2,14,16). The Morgan fingerprint density at radius 1 is 1.19 bits per heavy atom. The minimum absolute atomic E-state index is 0.156. The lowest BCUT2D eigenvalue weighted by atomic mass is 9.93.